The molecule has 5 heteroatoms. The lowest BCUT2D eigenvalue weighted by Crippen LogP contribution is -1.91. The molecule has 0 aliphatic carbocycles. The molecule has 0 atom stereocenters. The first-order valence-electron chi connectivity index (χ1n) is 5.01. The summed E-state index contributed by atoms with van der Waals surface area (Å²) >= 11 is 5.13. The van der Waals surface area contributed by atoms with Crippen LogP contribution in [-0.4, -0.2) is 19.2 Å². The van der Waals surface area contributed by atoms with Gasteiger partial charge in [-0.2, -0.15) is 0 Å². The van der Waals surface area contributed by atoms with E-state index in [1.807, 2.05) is 25.1 Å². The first kappa shape index (κ1) is 12.4. The average molecular weight is 314 g/mol. The molecule has 0 aliphatic rings. The van der Waals surface area contributed by atoms with Gasteiger partial charge in [-0.1, -0.05) is 0 Å². The quantitative estimate of drug-likeness (QED) is 0.861. The predicted octanol–water partition coefficient (Wildman–Crippen LogP) is 3.90. The van der Waals surface area contributed by atoms with E-state index in [0.29, 0.717) is 0 Å². The van der Waals surface area contributed by atoms with E-state index in [-0.39, 0.29) is 0 Å². The van der Waals surface area contributed by atoms with Gasteiger partial charge in [-0.05, 0) is 35.0 Å². The topological polar surface area (TPSA) is 31.4 Å². The van der Waals surface area contributed by atoms with Crippen LogP contribution in [0.3, 0.4) is 0 Å². The number of rotatable bonds is 3. The Bertz CT molecular complexity index is 539. The number of hydrogen-bond donors (Lipinski definition) is 0. The van der Waals surface area contributed by atoms with E-state index < -0.39 is 0 Å². The van der Waals surface area contributed by atoms with Crippen LogP contribution in [0.1, 0.15) is 5.01 Å². The van der Waals surface area contributed by atoms with E-state index in [1.54, 1.807) is 25.6 Å². The molecule has 0 radical (unpaired) electrons. The zero-order valence-electron chi connectivity index (χ0n) is 9.78. The minimum absolute atomic E-state index is 0.760. The average Bonchev–Trinajstić information content (AvgIpc) is 2.67. The number of aryl methyl sites for hydroxylation is 1. The minimum Gasteiger partial charge on any atom is -0.497 e. The molecule has 0 unspecified atom stereocenters. The van der Waals surface area contributed by atoms with Crippen LogP contribution in [0.25, 0.3) is 11.3 Å². The maximum Gasteiger partial charge on any atom is 0.132 e. The summed E-state index contributed by atoms with van der Waals surface area (Å²) in [6, 6.07) is 5.71. The summed E-state index contributed by atoms with van der Waals surface area (Å²) in [6.45, 7) is 1.98. The van der Waals surface area contributed by atoms with Crippen LogP contribution in [0.4, 0.5) is 0 Å². The summed E-state index contributed by atoms with van der Waals surface area (Å²) in [6.07, 6.45) is 0. The van der Waals surface area contributed by atoms with Crippen molar-refractivity contribution in [2.45, 2.75) is 6.92 Å². The Hall–Kier alpha value is -1.07. The first-order valence-corrected chi connectivity index (χ1v) is 6.62. The van der Waals surface area contributed by atoms with Crippen molar-refractivity contribution in [2.24, 2.45) is 0 Å². The van der Waals surface area contributed by atoms with Crippen LogP contribution in [0.2, 0.25) is 0 Å². The fraction of sp³-hybridized carbons (Fsp3) is 0.250. The molecule has 0 spiro atoms. The Morgan fingerprint density at radius 3 is 2.53 bits per heavy atom. The number of benzene rings is 1. The molecule has 0 N–H and O–H groups in total. The van der Waals surface area contributed by atoms with E-state index in [2.05, 4.69) is 20.9 Å². The summed E-state index contributed by atoms with van der Waals surface area (Å²) in [4.78, 5) is 4.50. The van der Waals surface area contributed by atoms with Gasteiger partial charge in [0.15, 0.2) is 0 Å². The molecule has 2 aromatic rings. The summed E-state index contributed by atoms with van der Waals surface area (Å²) in [5, 5.41) is 1.02. The van der Waals surface area contributed by atoms with E-state index in [9.17, 15) is 0 Å². The van der Waals surface area contributed by atoms with Crippen molar-refractivity contribution in [1.29, 1.82) is 0 Å². The maximum atomic E-state index is 5.37. The van der Waals surface area contributed by atoms with E-state index in [1.165, 1.54) is 0 Å². The van der Waals surface area contributed by atoms with Gasteiger partial charge in [-0.25, -0.2) is 4.98 Å². The number of halogens is 1. The van der Waals surface area contributed by atoms with E-state index in [4.69, 9.17) is 9.47 Å². The first-order chi connectivity index (χ1) is 8.15. The minimum atomic E-state index is 0.760. The van der Waals surface area contributed by atoms with Crippen LogP contribution in [0, 0.1) is 6.92 Å². The Morgan fingerprint density at radius 1 is 1.24 bits per heavy atom. The van der Waals surface area contributed by atoms with Gasteiger partial charge >= 0.3 is 0 Å². The Labute approximate surface area is 113 Å². The van der Waals surface area contributed by atoms with Crippen LogP contribution < -0.4 is 9.47 Å². The molecule has 2 rings (SSSR count). The largest absolute Gasteiger partial charge is 0.497 e. The highest BCUT2D eigenvalue weighted by molar-refractivity contribution is 9.11. The molecule has 1 aromatic carbocycles. The smallest absolute Gasteiger partial charge is 0.132 e. The van der Waals surface area contributed by atoms with Gasteiger partial charge in [0.2, 0.25) is 0 Å². The molecule has 17 heavy (non-hydrogen) atoms. The lowest BCUT2D eigenvalue weighted by atomic mass is 10.1. The van der Waals surface area contributed by atoms with Crippen molar-refractivity contribution in [2.75, 3.05) is 14.2 Å². The van der Waals surface area contributed by atoms with Gasteiger partial charge in [0.1, 0.15) is 11.5 Å². The molecule has 1 aromatic heterocycles. The standard InChI is InChI=1S/C12H12BrNO2S/c1-7-14-11(12(13)17-7)9-5-4-8(15-2)6-10(9)16-3/h4-6H,1-3H3. The van der Waals surface area contributed by atoms with Crippen LogP contribution in [0.15, 0.2) is 22.0 Å². The Balaban J connectivity index is 2.55. The lowest BCUT2D eigenvalue weighted by molar-refractivity contribution is 0.395. The third kappa shape index (κ3) is 2.45. The fourth-order valence-corrected chi connectivity index (χ4v) is 3.22. The molecular formula is C12H12BrNO2S. The lowest BCUT2D eigenvalue weighted by Gasteiger charge is -2.08. The normalized spacial score (nSPS) is 10.4. The zero-order chi connectivity index (χ0) is 12.4. The second kappa shape index (κ2) is 5.06. The van der Waals surface area contributed by atoms with Gasteiger partial charge < -0.3 is 9.47 Å². The van der Waals surface area contributed by atoms with Gasteiger partial charge in [0.25, 0.3) is 0 Å². The maximum absolute atomic E-state index is 5.37. The molecule has 0 fully saturated rings. The van der Waals surface area contributed by atoms with Crippen molar-refractivity contribution < 1.29 is 9.47 Å². The number of thiazole rings is 1. The van der Waals surface area contributed by atoms with Crippen LogP contribution in [0.5, 0.6) is 11.5 Å². The molecule has 0 saturated carbocycles. The van der Waals surface area contributed by atoms with Crippen molar-refractivity contribution in [3.63, 3.8) is 0 Å². The number of ether oxygens (including phenoxy) is 2. The second-order valence-electron chi connectivity index (χ2n) is 3.42. The van der Waals surface area contributed by atoms with Gasteiger partial charge in [-0.15, -0.1) is 11.3 Å². The molecular weight excluding hydrogens is 302 g/mol. The number of methoxy groups -OCH3 is 2. The monoisotopic (exact) mass is 313 g/mol. The van der Waals surface area contributed by atoms with Crippen molar-refractivity contribution in [3.8, 4) is 22.8 Å². The Morgan fingerprint density at radius 2 is 2.00 bits per heavy atom. The SMILES string of the molecule is COc1ccc(-c2nc(C)sc2Br)c(OC)c1. The third-order valence-electron chi connectivity index (χ3n) is 2.36. The molecule has 90 valence electrons. The highest BCUT2D eigenvalue weighted by atomic mass is 79.9. The van der Waals surface area contributed by atoms with Gasteiger partial charge in [0.05, 0.1) is 28.7 Å². The Kier molecular flexibility index (Phi) is 3.69. The van der Waals surface area contributed by atoms with Crippen molar-refractivity contribution in [3.05, 3.63) is 27.0 Å². The summed E-state index contributed by atoms with van der Waals surface area (Å²) in [5.41, 5.74) is 1.87. The van der Waals surface area contributed by atoms with Crippen molar-refractivity contribution >= 4 is 27.3 Å². The third-order valence-corrected chi connectivity index (χ3v) is 3.98. The number of nitrogens with zero attached hydrogens (tertiary/aromatic N) is 1. The highest BCUT2D eigenvalue weighted by Crippen LogP contribution is 2.39. The molecule has 0 aliphatic heterocycles. The summed E-state index contributed by atoms with van der Waals surface area (Å²) in [5.74, 6) is 1.53. The second-order valence-corrected chi connectivity index (χ2v) is 5.94. The number of hydrogen-bond acceptors (Lipinski definition) is 4. The summed E-state index contributed by atoms with van der Waals surface area (Å²) in [7, 11) is 3.28. The van der Waals surface area contributed by atoms with E-state index in [0.717, 1.165) is 31.6 Å². The molecule has 0 amide bonds. The fourth-order valence-electron chi connectivity index (χ4n) is 1.56. The van der Waals surface area contributed by atoms with E-state index >= 15 is 0 Å². The molecule has 1 heterocycles. The van der Waals surface area contributed by atoms with Gasteiger partial charge in [0, 0.05) is 11.6 Å². The predicted molar refractivity (Wildman–Crippen MR) is 73.1 cm³/mol. The highest BCUT2D eigenvalue weighted by Gasteiger charge is 2.14. The zero-order valence-corrected chi connectivity index (χ0v) is 12.2. The number of aromatic nitrogens is 1. The molecule has 3 nitrogen and oxygen atoms in total. The van der Waals surface area contributed by atoms with Crippen LogP contribution >= 0.6 is 27.3 Å². The van der Waals surface area contributed by atoms with Crippen molar-refractivity contribution in [1.82, 2.24) is 4.98 Å². The summed E-state index contributed by atoms with van der Waals surface area (Å²) < 4.78 is 11.6. The van der Waals surface area contributed by atoms with Crippen LogP contribution in [-0.2, 0) is 0 Å². The molecule has 0 bridgehead atoms. The van der Waals surface area contributed by atoms with Gasteiger partial charge in [-0.3, -0.25) is 0 Å². The molecule has 0 saturated heterocycles.